The quantitative estimate of drug-likeness (QED) is 0.599. The Morgan fingerprint density at radius 1 is 1.12 bits per heavy atom. The number of hydrogen-bond acceptors (Lipinski definition) is 5. The predicted octanol–water partition coefficient (Wildman–Crippen LogP) is 3.73. The summed E-state index contributed by atoms with van der Waals surface area (Å²) < 4.78 is 4.73. The summed E-state index contributed by atoms with van der Waals surface area (Å²) in [5.74, 6) is -1.04. The van der Waals surface area contributed by atoms with Gasteiger partial charge in [0.1, 0.15) is 6.04 Å². The fourth-order valence-corrected chi connectivity index (χ4v) is 3.82. The van der Waals surface area contributed by atoms with E-state index in [4.69, 9.17) is 16.3 Å². The molecule has 1 atom stereocenters. The summed E-state index contributed by atoms with van der Waals surface area (Å²) in [6.45, 7) is 0.181. The summed E-state index contributed by atoms with van der Waals surface area (Å²) >= 11 is 6.09. The van der Waals surface area contributed by atoms with Crippen LogP contribution in [-0.2, 0) is 22.5 Å². The average Bonchev–Trinajstić information content (AvgIpc) is 2.89. The van der Waals surface area contributed by atoms with Crippen LogP contribution in [0, 0.1) is 0 Å². The first-order chi connectivity index (χ1) is 15.5. The number of nitrogens with one attached hydrogen (secondary N) is 1. The van der Waals surface area contributed by atoms with Crippen LogP contribution in [-0.4, -0.2) is 40.8 Å². The van der Waals surface area contributed by atoms with Crippen molar-refractivity contribution in [2.24, 2.45) is 0 Å². The molecule has 0 aliphatic carbocycles. The zero-order valence-electron chi connectivity index (χ0n) is 17.2. The van der Waals surface area contributed by atoms with Gasteiger partial charge in [-0.05, 0) is 47.5 Å². The van der Waals surface area contributed by atoms with Crippen LogP contribution in [0.25, 0.3) is 0 Å². The van der Waals surface area contributed by atoms with E-state index in [1.807, 2.05) is 6.07 Å². The number of carbonyl (C=O) groups excluding carboxylic acids is 3. The molecule has 4 rings (SSSR count). The number of benzene rings is 2. The zero-order valence-corrected chi connectivity index (χ0v) is 18.0. The number of pyridine rings is 1. The number of carbonyl (C=O) groups is 3. The minimum absolute atomic E-state index is 0.181. The highest BCUT2D eigenvalue weighted by Crippen LogP contribution is 2.28. The summed E-state index contributed by atoms with van der Waals surface area (Å²) in [6.07, 6.45) is 3.63. The van der Waals surface area contributed by atoms with Gasteiger partial charge in [0.25, 0.3) is 5.91 Å². The van der Waals surface area contributed by atoms with E-state index in [1.54, 1.807) is 60.9 Å². The molecule has 8 heteroatoms. The smallest absolute Gasteiger partial charge is 0.337 e. The maximum absolute atomic E-state index is 13.5. The Hall–Kier alpha value is -3.71. The van der Waals surface area contributed by atoms with Gasteiger partial charge in [0.05, 0.1) is 23.9 Å². The molecule has 32 heavy (non-hydrogen) atoms. The molecule has 7 nitrogen and oxygen atoms in total. The number of anilines is 1. The van der Waals surface area contributed by atoms with E-state index >= 15 is 0 Å². The molecular formula is C24H20ClN3O4. The lowest BCUT2D eigenvalue weighted by molar-refractivity contribution is -0.120. The minimum atomic E-state index is -0.766. The Labute approximate surface area is 190 Å². The molecule has 3 aromatic rings. The van der Waals surface area contributed by atoms with Crippen molar-refractivity contribution in [3.05, 3.63) is 94.3 Å². The first-order valence-corrected chi connectivity index (χ1v) is 10.3. The van der Waals surface area contributed by atoms with Crippen LogP contribution < -0.4 is 5.32 Å². The van der Waals surface area contributed by atoms with Crippen molar-refractivity contribution in [3.63, 3.8) is 0 Å². The van der Waals surface area contributed by atoms with Gasteiger partial charge in [0.15, 0.2) is 0 Å². The summed E-state index contributed by atoms with van der Waals surface area (Å²) in [5, 5.41) is 3.27. The van der Waals surface area contributed by atoms with Gasteiger partial charge in [-0.15, -0.1) is 0 Å². The second-order valence-corrected chi connectivity index (χ2v) is 7.82. The number of hydrogen-bond donors (Lipinski definition) is 1. The van der Waals surface area contributed by atoms with Gasteiger partial charge in [0.2, 0.25) is 5.91 Å². The lowest BCUT2D eigenvalue weighted by Crippen LogP contribution is -2.46. The summed E-state index contributed by atoms with van der Waals surface area (Å²) in [4.78, 5) is 44.1. The predicted molar refractivity (Wildman–Crippen MR) is 119 cm³/mol. The van der Waals surface area contributed by atoms with E-state index in [-0.39, 0.29) is 18.4 Å². The van der Waals surface area contributed by atoms with Crippen LogP contribution in [0.2, 0.25) is 5.02 Å². The SMILES string of the molecule is COC(=O)c1ccc(CN2C(=O)c3ccc(Cl)cc3NC(=O)[C@H]2Cc2cccnc2)cc1. The molecule has 162 valence electrons. The lowest BCUT2D eigenvalue weighted by Gasteiger charge is -2.29. The Bertz CT molecular complexity index is 1170. The number of aromatic nitrogens is 1. The summed E-state index contributed by atoms with van der Waals surface area (Å²) in [6, 6.07) is 14.4. The highest BCUT2D eigenvalue weighted by Gasteiger charge is 2.35. The van der Waals surface area contributed by atoms with Crippen LogP contribution >= 0.6 is 11.6 Å². The molecule has 0 bridgehead atoms. The van der Waals surface area contributed by atoms with Crippen molar-refractivity contribution in [1.82, 2.24) is 9.88 Å². The van der Waals surface area contributed by atoms with E-state index in [9.17, 15) is 14.4 Å². The lowest BCUT2D eigenvalue weighted by atomic mass is 10.0. The second-order valence-electron chi connectivity index (χ2n) is 7.38. The third-order valence-electron chi connectivity index (χ3n) is 5.29. The van der Waals surface area contributed by atoms with Crippen molar-refractivity contribution in [1.29, 1.82) is 0 Å². The van der Waals surface area contributed by atoms with E-state index < -0.39 is 12.0 Å². The maximum atomic E-state index is 13.5. The number of methoxy groups -OCH3 is 1. The third kappa shape index (κ3) is 4.48. The highest BCUT2D eigenvalue weighted by atomic mass is 35.5. The molecule has 0 fully saturated rings. The number of rotatable bonds is 5. The van der Waals surface area contributed by atoms with E-state index in [0.29, 0.717) is 28.3 Å². The molecule has 1 aromatic heterocycles. The van der Waals surface area contributed by atoms with Crippen LogP contribution in [0.1, 0.15) is 31.8 Å². The normalized spacial score (nSPS) is 15.6. The minimum Gasteiger partial charge on any atom is -0.465 e. The van der Waals surface area contributed by atoms with E-state index in [1.165, 1.54) is 12.0 Å². The number of nitrogens with zero attached hydrogens (tertiary/aromatic N) is 2. The van der Waals surface area contributed by atoms with Gasteiger partial charge in [-0.25, -0.2) is 4.79 Å². The molecule has 2 amide bonds. The van der Waals surface area contributed by atoms with Crippen molar-refractivity contribution < 1.29 is 19.1 Å². The molecule has 0 unspecified atom stereocenters. The Morgan fingerprint density at radius 3 is 2.59 bits per heavy atom. The van der Waals surface area contributed by atoms with Crippen LogP contribution in [0.5, 0.6) is 0 Å². The van der Waals surface area contributed by atoms with Gasteiger partial charge in [0, 0.05) is 30.4 Å². The van der Waals surface area contributed by atoms with Crippen molar-refractivity contribution in [2.45, 2.75) is 19.0 Å². The summed E-state index contributed by atoms with van der Waals surface area (Å²) in [5.41, 5.74) is 2.75. The van der Waals surface area contributed by atoms with Crippen LogP contribution in [0.15, 0.2) is 67.0 Å². The van der Waals surface area contributed by atoms with Gasteiger partial charge < -0.3 is 15.0 Å². The Morgan fingerprint density at radius 2 is 1.91 bits per heavy atom. The van der Waals surface area contributed by atoms with Gasteiger partial charge in [-0.3, -0.25) is 14.6 Å². The number of fused-ring (bicyclic) bond motifs is 1. The summed E-state index contributed by atoms with van der Waals surface area (Å²) in [7, 11) is 1.32. The zero-order chi connectivity index (χ0) is 22.7. The van der Waals surface area contributed by atoms with Crippen molar-refractivity contribution in [3.8, 4) is 0 Å². The van der Waals surface area contributed by atoms with E-state index in [2.05, 4.69) is 10.3 Å². The Kier molecular flexibility index (Phi) is 6.18. The number of ether oxygens (including phenoxy) is 1. The molecule has 2 aromatic carbocycles. The molecule has 1 N–H and O–H groups in total. The topological polar surface area (TPSA) is 88.6 Å². The Balaban J connectivity index is 1.71. The third-order valence-corrected chi connectivity index (χ3v) is 5.52. The molecule has 1 aliphatic rings. The average molecular weight is 450 g/mol. The molecule has 0 radical (unpaired) electrons. The first kappa shape index (κ1) is 21.5. The number of esters is 1. The first-order valence-electron chi connectivity index (χ1n) is 9.94. The molecule has 0 saturated heterocycles. The second kappa shape index (κ2) is 9.20. The molecule has 0 saturated carbocycles. The van der Waals surface area contributed by atoms with E-state index in [0.717, 1.165) is 11.1 Å². The number of amides is 2. The molecule has 0 spiro atoms. The van der Waals surface area contributed by atoms with Gasteiger partial charge in [-0.2, -0.15) is 0 Å². The molecule has 1 aliphatic heterocycles. The fourth-order valence-electron chi connectivity index (χ4n) is 3.65. The van der Waals surface area contributed by atoms with Crippen molar-refractivity contribution in [2.75, 3.05) is 12.4 Å². The van der Waals surface area contributed by atoms with Crippen LogP contribution in [0.3, 0.4) is 0 Å². The monoisotopic (exact) mass is 449 g/mol. The molecular weight excluding hydrogens is 430 g/mol. The highest BCUT2D eigenvalue weighted by molar-refractivity contribution is 6.31. The van der Waals surface area contributed by atoms with Gasteiger partial charge in [-0.1, -0.05) is 29.8 Å². The number of halogens is 1. The largest absolute Gasteiger partial charge is 0.465 e. The van der Waals surface area contributed by atoms with Crippen LogP contribution in [0.4, 0.5) is 5.69 Å². The van der Waals surface area contributed by atoms with Gasteiger partial charge >= 0.3 is 5.97 Å². The van der Waals surface area contributed by atoms with Crippen molar-refractivity contribution >= 4 is 35.1 Å². The molecule has 2 heterocycles. The fraction of sp³-hybridized carbons (Fsp3) is 0.167. The standard InChI is InChI=1S/C24H20ClN3O4/c1-32-24(31)17-6-4-15(5-7-17)14-28-21(11-16-3-2-10-26-13-16)22(29)27-20-12-18(25)8-9-19(20)23(28)30/h2-10,12-13,21H,11,14H2,1H3,(H,27,29)/t21-/m1/s1. The maximum Gasteiger partial charge on any atom is 0.337 e.